The Morgan fingerprint density at radius 1 is 1.50 bits per heavy atom. The number of ether oxygens (including phenoxy) is 1. The fourth-order valence-electron chi connectivity index (χ4n) is 2.17. The Labute approximate surface area is 135 Å². The Morgan fingerprint density at radius 2 is 2.27 bits per heavy atom. The number of thiazole rings is 1. The molecule has 0 amide bonds. The number of carbonyl (C=O) groups excluding carboxylic acids is 1. The van der Waals surface area contributed by atoms with Crippen LogP contribution in [0, 0.1) is 3.95 Å². The molecular formula is C15H12N2O3S2. The van der Waals surface area contributed by atoms with Crippen molar-refractivity contribution < 1.29 is 14.6 Å². The lowest BCUT2D eigenvalue weighted by Crippen LogP contribution is -2.16. The molecule has 0 saturated carbocycles. The van der Waals surface area contributed by atoms with Crippen LogP contribution in [0.4, 0.5) is 5.69 Å². The van der Waals surface area contributed by atoms with Gasteiger partial charge in [0.1, 0.15) is 0 Å². The first kappa shape index (κ1) is 14.7. The number of hydrogen-bond donors (Lipinski definition) is 2. The van der Waals surface area contributed by atoms with Gasteiger partial charge in [0.25, 0.3) is 0 Å². The van der Waals surface area contributed by atoms with Crippen LogP contribution < -0.4 is 0 Å². The van der Waals surface area contributed by atoms with Crippen molar-refractivity contribution in [2.24, 2.45) is 4.99 Å². The highest BCUT2D eigenvalue weighted by atomic mass is 32.1. The van der Waals surface area contributed by atoms with Crippen LogP contribution in [-0.2, 0) is 9.53 Å². The second-order valence-electron chi connectivity index (χ2n) is 4.48. The summed E-state index contributed by atoms with van der Waals surface area (Å²) >= 11 is 6.24. The molecule has 5 nitrogen and oxygen atoms in total. The predicted octanol–water partition coefficient (Wildman–Crippen LogP) is 3.70. The van der Waals surface area contributed by atoms with Gasteiger partial charge in [0.15, 0.2) is 9.67 Å². The summed E-state index contributed by atoms with van der Waals surface area (Å²) in [5, 5.41) is 9.86. The van der Waals surface area contributed by atoms with E-state index in [1.54, 1.807) is 13.0 Å². The van der Waals surface area contributed by atoms with Crippen LogP contribution in [0.25, 0.3) is 11.6 Å². The van der Waals surface area contributed by atoms with Crippen LogP contribution in [0.2, 0.25) is 0 Å². The molecule has 2 N–H and O–H groups in total. The first-order valence-electron chi connectivity index (χ1n) is 6.59. The molecule has 1 aliphatic rings. The molecule has 0 unspecified atom stereocenters. The number of para-hydroxylation sites is 1. The van der Waals surface area contributed by atoms with Crippen LogP contribution in [0.15, 0.2) is 29.3 Å². The number of rotatable bonds is 3. The molecule has 0 spiro atoms. The van der Waals surface area contributed by atoms with E-state index < -0.39 is 5.97 Å². The lowest BCUT2D eigenvalue weighted by atomic mass is 10.0. The van der Waals surface area contributed by atoms with Crippen molar-refractivity contribution in [3.05, 3.63) is 38.7 Å². The van der Waals surface area contributed by atoms with E-state index in [9.17, 15) is 9.90 Å². The van der Waals surface area contributed by atoms with E-state index in [0.717, 1.165) is 5.56 Å². The third-order valence-electron chi connectivity index (χ3n) is 3.08. The van der Waals surface area contributed by atoms with Gasteiger partial charge in [-0.05, 0) is 31.3 Å². The van der Waals surface area contributed by atoms with E-state index in [1.165, 1.54) is 11.3 Å². The van der Waals surface area contributed by atoms with Gasteiger partial charge in [0.2, 0.25) is 5.88 Å². The van der Waals surface area contributed by atoms with Gasteiger partial charge in [-0.2, -0.15) is 0 Å². The van der Waals surface area contributed by atoms with Crippen LogP contribution in [0.5, 0.6) is 5.88 Å². The Kier molecular flexibility index (Phi) is 3.91. The van der Waals surface area contributed by atoms with Gasteiger partial charge in [0.05, 0.1) is 17.2 Å². The lowest BCUT2D eigenvalue weighted by molar-refractivity contribution is -0.134. The van der Waals surface area contributed by atoms with Gasteiger partial charge in [-0.15, -0.1) is 11.3 Å². The van der Waals surface area contributed by atoms with Gasteiger partial charge < -0.3 is 14.8 Å². The molecule has 0 radical (unpaired) electrons. The van der Waals surface area contributed by atoms with Gasteiger partial charge >= 0.3 is 5.97 Å². The van der Waals surface area contributed by atoms with Crippen LogP contribution in [0.1, 0.15) is 17.4 Å². The molecule has 2 aromatic rings. The Morgan fingerprint density at radius 3 is 2.95 bits per heavy atom. The number of esters is 1. The molecule has 0 aliphatic carbocycles. The highest BCUT2D eigenvalue weighted by Crippen LogP contribution is 2.37. The number of nitrogens with zero attached hydrogens (tertiary/aromatic N) is 1. The number of aliphatic imine (C=N–C) groups is 1. The van der Waals surface area contributed by atoms with Crippen molar-refractivity contribution in [3.8, 4) is 5.88 Å². The number of hydrogen-bond acceptors (Lipinski definition) is 6. The fraction of sp³-hybridized carbons (Fsp3) is 0.133. The maximum atomic E-state index is 12.1. The zero-order valence-electron chi connectivity index (χ0n) is 11.6. The van der Waals surface area contributed by atoms with Gasteiger partial charge in [-0.25, -0.2) is 9.79 Å². The molecule has 1 aromatic carbocycles. The third kappa shape index (κ3) is 2.60. The average Bonchev–Trinajstić information content (AvgIpc) is 3.00. The van der Waals surface area contributed by atoms with Crippen LogP contribution in [0.3, 0.4) is 0 Å². The topological polar surface area (TPSA) is 74.7 Å². The molecule has 0 atom stereocenters. The fourth-order valence-corrected chi connectivity index (χ4v) is 3.21. The summed E-state index contributed by atoms with van der Waals surface area (Å²) in [5.41, 5.74) is 2.39. The number of benzene rings is 1. The molecular weight excluding hydrogens is 320 g/mol. The van der Waals surface area contributed by atoms with Crippen LogP contribution in [-0.4, -0.2) is 28.4 Å². The molecule has 1 aromatic heterocycles. The molecule has 112 valence electrons. The quantitative estimate of drug-likeness (QED) is 0.664. The summed E-state index contributed by atoms with van der Waals surface area (Å²) in [6.45, 7) is 2.02. The molecule has 0 fully saturated rings. The van der Waals surface area contributed by atoms with E-state index in [1.807, 2.05) is 24.3 Å². The smallest absolute Gasteiger partial charge is 0.357 e. The number of carbonyl (C=O) groups is 1. The van der Waals surface area contributed by atoms with E-state index in [4.69, 9.17) is 17.0 Å². The summed E-state index contributed by atoms with van der Waals surface area (Å²) in [4.78, 5) is 19.7. The largest absolute Gasteiger partial charge is 0.494 e. The lowest BCUT2D eigenvalue weighted by Gasteiger charge is -2.04. The zero-order valence-corrected chi connectivity index (χ0v) is 13.3. The van der Waals surface area contributed by atoms with E-state index >= 15 is 0 Å². The molecule has 0 saturated heterocycles. The molecule has 0 bridgehead atoms. The SMILES string of the molecule is CCOC(=O)C1=Nc2ccccc2/C1=C\c1sc(=S)[nH]c1O. The van der Waals surface area contributed by atoms with E-state index in [2.05, 4.69) is 9.98 Å². The van der Waals surface area contributed by atoms with Gasteiger partial charge in [-0.3, -0.25) is 0 Å². The number of fused-ring (bicyclic) bond motifs is 1. The monoisotopic (exact) mass is 332 g/mol. The van der Waals surface area contributed by atoms with Crippen molar-refractivity contribution >= 4 is 52.6 Å². The third-order valence-corrected chi connectivity index (χ3v) is 4.25. The van der Waals surface area contributed by atoms with Crippen molar-refractivity contribution in [1.82, 2.24) is 4.98 Å². The number of aromatic amines is 1. The van der Waals surface area contributed by atoms with E-state index in [0.29, 0.717) is 20.1 Å². The highest BCUT2D eigenvalue weighted by molar-refractivity contribution is 7.73. The number of aromatic nitrogens is 1. The van der Waals surface area contributed by atoms with Crippen molar-refractivity contribution in [3.63, 3.8) is 0 Å². The molecule has 7 heteroatoms. The summed E-state index contributed by atoms with van der Waals surface area (Å²) < 4.78 is 5.53. The Hall–Kier alpha value is -2.25. The minimum atomic E-state index is -0.483. The minimum absolute atomic E-state index is 0.0184. The van der Waals surface area contributed by atoms with E-state index in [-0.39, 0.29) is 18.2 Å². The summed E-state index contributed by atoms with van der Waals surface area (Å²) in [7, 11) is 0. The van der Waals surface area contributed by atoms with Crippen molar-refractivity contribution in [1.29, 1.82) is 0 Å². The zero-order chi connectivity index (χ0) is 15.7. The number of nitrogens with one attached hydrogen (secondary N) is 1. The first-order valence-corrected chi connectivity index (χ1v) is 7.82. The van der Waals surface area contributed by atoms with Gasteiger partial charge in [-0.1, -0.05) is 18.2 Å². The number of H-pyrrole nitrogens is 1. The second kappa shape index (κ2) is 5.86. The maximum absolute atomic E-state index is 12.1. The normalized spacial score (nSPS) is 14.8. The molecule has 22 heavy (non-hydrogen) atoms. The predicted molar refractivity (Wildman–Crippen MR) is 89.2 cm³/mol. The number of aromatic hydroxyl groups is 1. The maximum Gasteiger partial charge on any atom is 0.357 e. The molecule has 1 aliphatic heterocycles. The minimum Gasteiger partial charge on any atom is -0.494 e. The second-order valence-corrected chi connectivity index (χ2v) is 6.20. The van der Waals surface area contributed by atoms with Gasteiger partial charge in [0, 0.05) is 11.1 Å². The van der Waals surface area contributed by atoms with Crippen molar-refractivity contribution in [2.45, 2.75) is 6.92 Å². The average molecular weight is 332 g/mol. The summed E-state index contributed by atoms with van der Waals surface area (Å²) in [6.07, 6.45) is 1.70. The summed E-state index contributed by atoms with van der Waals surface area (Å²) in [6, 6.07) is 7.43. The highest BCUT2D eigenvalue weighted by Gasteiger charge is 2.27. The summed E-state index contributed by atoms with van der Waals surface area (Å²) in [5.74, 6) is -0.501. The molecule has 2 heterocycles. The van der Waals surface area contributed by atoms with Crippen LogP contribution >= 0.6 is 23.6 Å². The first-order chi connectivity index (χ1) is 10.6. The standard InChI is InChI=1S/C15H12N2O3S2/c1-2-20-14(19)12-9(7-11-13(18)17-15(21)22-11)8-5-3-4-6-10(8)16-12/h3-7,18H,2H2,1H3,(H,17,21)/b9-7+. The molecule has 3 rings (SSSR count). The Balaban J connectivity index is 2.13. The Bertz CT molecular complexity index is 862. The van der Waals surface area contributed by atoms with Crippen molar-refractivity contribution in [2.75, 3.05) is 6.61 Å².